The van der Waals surface area contributed by atoms with Gasteiger partial charge in [0.15, 0.2) is 11.6 Å². The van der Waals surface area contributed by atoms with Crippen LogP contribution in [0.25, 0.3) is 11.4 Å². The van der Waals surface area contributed by atoms with E-state index in [1.54, 1.807) is 0 Å². The van der Waals surface area contributed by atoms with Gasteiger partial charge in [-0.15, -0.1) is 0 Å². The average Bonchev–Trinajstić information content (AvgIpc) is 2.93. The minimum absolute atomic E-state index is 0.727. The van der Waals surface area contributed by atoms with Crippen molar-refractivity contribution in [2.24, 2.45) is 0 Å². The van der Waals surface area contributed by atoms with Crippen molar-refractivity contribution in [3.8, 4) is 11.4 Å². The number of H-pyrrole nitrogens is 1. The van der Waals surface area contributed by atoms with Crippen molar-refractivity contribution in [3.05, 3.63) is 53.9 Å². The van der Waals surface area contributed by atoms with Crippen LogP contribution >= 0.6 is 0 Å². The maximum absolute atomic E-state index is 4.59. The van der Waals surface area contributed by atoms with Crippen molar-refractivity contribution >= 4 is 11.6 Å². The Hall–Kier alpha value is -2.69. The highest BCUT2D eigenvalue weighted by atomic mass is 15.2. The van der Waals surface area contributed by atoms with Crippen LogP contribution in [0, 0.1) is 6.92 Å². The van der Waals surface area contributed by atoms with E-state index in [2.05, 4.69) is 32.4 Å². The van der Waals surface area contributed by atoms with Gasteiger partial charge in [-0.2, -0.15) is 5.10 Å². The van der Waals surface area contributed by atoms with Crippen LogP contribution < -0.4 is 5.32 Å². The third-order valence-electron chi connectivity index (χ3n) is 3.14. The number of anilines is 2. The van der Waals surface area contributed by atoms with Crippen LogP contribution in [-0.4, -0.2) is 20.2 Å². The largest absolute Gasteiger partial charge is 0.323 e. The van der Waals surface area contributed by atoms with Gasteiger partial charge in [-0.05, 0) is 13.3 Å². The molecule has 0 radical (unpaired) electrons. The molecule has 0 aliphatic heterocycles. The van der Waals surface area contributed by atoms with E-state index in [1.165, 1.54) is 0 Å². The molecule has 0 unspecified atom stereocenters. The van der Waals surface area contributed by atoms with Crippen molar-refractivity contribution in [2.45, 2.75) is 20.3 Å². The van der Waals surface area contributed by atoms with Crippen LogP contribution in [0.4, 0.5) is 11.6 Å². The van der Waals surface area contributed by atoms with Crippen molar-refractivity contribution < 1.29 is 0 Å². The van der Waals surface area contributed by atoms with E-state index in [0.29, 0.717) is 0 Å². The standard InChI is InChI=1S/C16H17N5/c1-3-13-10-14(18-15-9-11(2)20-21-15)19-16(17-13)12-7-5-4-6-8-12/h4-10H,3H2,1-2H3,(H2,17,18,19,20,21). The van der Waals surface area contributed by atoms with Gasteiger partial charge in [0.05, 0.1) is 0 Å². The maximum Gasteiger partial charge on any atom is 0.161 e. The molecule has 2 aromatic heterocycles. The molecule has 0 aliphatic carbocycles. The SMILES string of the molecule is CCc1cc(Nc2cc(C)[nH]n2)nc(-c2ccccc2)n1. The smallest absolute Gasteiger partial charge is 0.161 e. The van der Waals surface area contributed by atoms with E-state index < -0.39 is 0 Å². The first-order valence-electron chi connectivity index (χ1n) is 6.97. The van der Waals surface area contributed by atoms with E-state index in [1.807, 2.05) is 49.4 Å². The summed E-state index contributed by atoms with van der Waals surface area (Å²) < 4.78 is 0. The molecule has 0 spiro atoms. The van der Waals surface area contributed by atoms with Gasteiger partial charge in [-0.3, -0.25) is 5.10 Å². The Morgan fingerprint density at radius 1 is 1.05 bits per heavy atom. The molecule has 21 heavy (non-hydrogen) atoms. The molecule has 3 aromatic rings. The van der Waals surface area contributed by atoms with Gasteiger partial charge >= 0.3 is 0 Å². The summed E-state index contributed by atoms with van der Waals surface area (Å²) in [6, 6.07) is 13.9. The molecule has 5 heteroatoms. The molecule has 0 fully saturated rings. The first-order chi connectivity index (χ1) is 10.2. The molecule has 0 atom stereocenters. The van der Waals surface area contributed by atoms with Crippen LogP contribution in [-0.2, 0) is 6.42 Å². The van der Waals surface area contributed by atoms with Crippen molar-refractivity contribution in [3.63, 3.8) is 0 Å². The minimum Gasteiger partial charge on any atom is -0.323 e. The Bertz CT molecular complexity index is 733. The van der Waals surface area contributed by atoms with E-state index in [0.717, 1.165) is 40.8 Å². The zero-order valence-corrected chi connectivity index (χ0v) is 12.1. The average molecular weight is 279 g/mol. The van der Waals surface area contributed by atoms with Crippen LogP contribution in [0.5, 0.6) is 0 Å². The molecule has 3 rings (SSSR count). The monoisotopic (exact) mass is 279 g/mol. The van der Waals surface area contributed by atoms with E-state index in [9.17, 15) is 0 Å². The summed E-state index contributed by atoms with van der Waals surface area (Å²) >= 11 is 0. The van der Waals surface area contributed by atoms with E-state index in [-0.39, 0.29) is 0 Å². The number of rotatable bonds is 4. The highest BCUT2D eigenvalue weighted by Gasteiger charge is 2.07. The summed E-state index contributed by atoms with van der Waals surface area (Å²) in [6.45, 7) is 4.05. The minimum atomic E-state index is 0.727. The fourth-order valence-corrected chi connectivity index (χ4v) is 2.07. The predicted molar refractivity (Wildman–Crippen MR) is 83.5 cm³/mol. The number of aromatic nitrogens is 4. The molecule has 2 N–H and O–H groups in total. The Balaban J connectivity index is 1.97. The lowest BCUT2D eigenvalue weighted by Crippen LogP contribution is -2.00. The summed E-state index contributed by atoms with van der Waals surface area (Å²) in [4.78, 5) is 9.17. The number of hydrogen-bond donors (Lipinski definition) is 2. The molecule has 5 nitrogen and oxygen atoms in total. The van der Waals surface area contributed by atoms with Crippen molar-refractivity contribution in [1.82, 2.24) is 20.2 Å². The number of benzene rings is 1. The first kappa shape index (κ1) is 13.3. The molecule has 0 aliphatic rings. The fourth-order valence-electron chi connectivity index (χ4n) is 2.07. The second-order valence-corrected chi connectivity index (χ2v) is 4.85. The van der Waals surface area contributed by atoms with Gasteiger partial charge in [0.1, 0.15) is 5.82 Å². The predicted octanol–water partition coefficient (Wildman–Crippen LogP) is 3.48. The number of aryl methyl sites for hydroxylation is 2. The van der Waals surface area contributed by atoms with Gasteiger partial charge in [-0.1, -0.05) is 37.3 Å². The third kappa shape index (κ3) is 3.08. The number of nitrogens with one attached hydrogen (secondary N) is 2. The molecule has 0 bridgehead atoms. The van der Waals surface area contributed by atoms with Crippen LogP contribution in [0.1, 0.15) is 18.3 Å². The number of hydrogen-bond acceptors (Lipinski definition) is 4. The summed E-state index contributed by atoms with van der Waals surface area (Å²) in [7, 11) is 0. The van der Waals surface area contributed by atoms with Crippen molar-refractivity contribution in [1.29, 1.82) is 0 Å². The lowest BCUT2D eigenvalue weighted by atomic mass is 10.2. The van der Waals surface area contributed by atoms with Gasteiger partial charge in [0.25, 0.3) is 0 Å². The van der Waals surface area contributed by atoms with Gasteiger partial charge < -0.3 is 5.32 Å². The molecule has 0 saturated heterocycles. The van der Waals surface area contributed by atoms with Crippen LogP contribution in [0.15, 0.2) is 42.5 Å². The Kier molecular flexibility index (Phi) is 3.64. The number of aromatic amines is 1. The zero-order valence-electron chi connectivity index (χ0n) is 12.1. The molecule has 0 amide bonds. The van der Waals surface area contributed by atoms with E-state index >= 15 is 0 Å². The second-order valence-electron chi connectivity index (χ2n) is 4.85. The fraction of sp³-hybridized carbons (Fsp3) is 0.188. The van der Waals surface area contributed by atoms with Gasteiger partial charge in [0, 0.05) is 29.1 Å². The molecule has 2 heterocycles. The normalized spacial score (nSPS) is 10.6. The summed E-state index contributed by atoms with van der Waals surface area (Å²) in [5.74, 6) is 2.24. The van der Waals surface area contributed by atoms with Crippen molar-refractivity contribution in [2.75, 3.05) is 5.32 Å². The summed E-state index contributed by atoms with van der Waals surface area (Å²) in [5.41, 5.74) is 3.01. The topological polar surface area (TPSA) is 66.5 Å². The Morgan fingerprint density at radius 3 is 2.52 bits per heavy atom. The Labute approximate surface area is 123 Å². The maximum atomic E-state index is 4.59. The molecule has 0 saturated carbocycles. The molecular formula is C16H17N5. The van der Waals surface area contributed by atoms with Gasteiger partial charge in [-0.25, -0.2) is 9.97 Å². The van der Waals surface area contributed by atoms with Crippen LogP contribution in [0.2, 0.25) is 0 Å². The first-order valence-corrected chi connectivity index (χ1v) is 6.97. The molecular weight excluding hydrogens is 262 g/mol. The highest BCUT2D eigenvalue weighted by Crippen LogP contribution is 2.20. The number of nitrogens with zero attached hydrogens (tertiary/aromatic N) is 3. The molecule has 1 aromatic carbocycles. The van der Waals surface area contributed by atoms with Gasteiger partial charge in [0.2, 0.25) is 0 Å². The lowest BCUT2D eigenvalue weighted by Gasteiger charge is -2.07. The second kappa shape index (κ2) is 5.75. The van der Waals surface area contributed by atoms with E-state index in [4.69, 9.17) is 0 Å². The zero-order chi connectivity index (χ0) is 14.7. The lowest BCUT2D eigenvalue weighted by molar-refractivity contribution is 1.00. The Morgan fingerprint density at radius 2 is 1.86 bits per heavy atom. The van der Waals surface area contributed by atoms with Crippen LogP contribution in [0.3, 0.4) is 0 Å². The third-order valence-corrected chi connectivity index (χ3v) is 3.14. The quantitative estimate of drug-likeness (QED) is 0.767. The summed E-state index contributed by atoms with van der Waals surface area (Å²) in [5, 5.41) is 10.3. The summed E-state index contributed by atoms with van der Waals surface area (Å²) in [6.07, 6.45) is 0.858. The molecule has 106 valence electrons. The highest BCUT2D eigenvalue weighted by molar-refractivity contribution is 5.60.